The van der Waals surface area contributed by atoms with Crippen molar-refractivity contribution < 1.29 is 9.90 Å². The van der Waals surface area contributed by atoms with Crippen molar-refractivity contribution in [3.8, 4) is 0 Å². The van der Waals surface area contributed by atoms with Gasteiger partial charge in [0.25, 0.3) is 0 Å². The van der Waals surface area contributed by atoms with Crippen LogP contribution in [0, 0.1) is 0 Å². The lowest BCUT2D eigenvalue weighted by Crippen LogP contribution is -2.48. The molecule has 1 fully saturated rings. The summed E-state index contributed by atoms with van der Waals surface area (Å²) in [7, 11) is 3.58. The number of rotatable bonds is 6. The van der Waals surface area contributed by atoms with Gasteiger partial charge in [-0.1, -0.05) is 24.3 Å². The third-order valence-electron chi connectivity index (χ3n) is 4.91. The highest BCUT2D eigenvalue weighted by molar-refractivity contribution is 5.86. The van der Waals surface area contributed by atoms with E-state index in [0.29, 0.717) is 12.5 Å². The summed E-state index contributed by atoms with van der Waals surface area (Å²) in [4.78, 5) is 20.6. The molecule has 0 radical (unpaired) electrons. The molecule has 0 atom stereocenters. The third kappa shape index (κ3) is 8.41. The van der Waals surface area contributed by atoms with Crippen molar-refractivity contribution in [1.82, 2.24) is 20.4 Å². The van der Waals surface area contributed by atoms with Crippen LogP contribution >= 0.6 is 0 Å². The van der Waals surface area contributed by atoms with Gasteiger partial charge in [-0.2, -0.15) is 0 Å². The van der Waals surface area contributed by atoms with Crippen LogP contribution in [0.2, 0.25) is 0 Å². The van der Waals surface area contributed by atoms with Gasteiger partial charge in [-0.25, -0.2) is 0 Å². The van der Waals surface area contributed by atoms with Crippen LogP contribution in [0.4, 0.5) is 0 Å². The second-order valence-corrected chi connectivity index (χ2v) is 8.88. The van der Waals surface area contributed by atoms with Crippen LogP contribution in [0.3, 0.4) is 0 Å². The van der Waals surface area contributed by atoms with Crippen molar-refractivity contribution in [3.63, 3.8) is 0 Å². The van der Waals surface area contributed by atoms with Crippen molar-refractivity contribution in [2.24, 2.45) is 4.99 Å². The summed E-state index contributed by atoms with van der Waals surface area (Å²) in [5.41, 5.74) is 2.20. The number of aliphatic hydroxyl groups excluding tert-OH is 1. The molecule has 0 bridgehead atoms. The number of likely N-dealkylation sites (tertiary alicyclic amines) is 1. The Balaban J connectivity index is 1.80. The van der Waals surface area contributed by atoms with Crippen molar-refractivity contribution in [2.45, 2.75) is 58.3 Å². The van der Waals surface area contributed by atoms with Gasteiger partial charge >= 0.3 is 0 Å². The Bertz CT molecular complexity index is 673. The van der Waals surface area contributed by atoms with Gasteiger partial charge in [0.15, 0.2) is 5.96 Å². The summed E-state index contributed by atoms with van der Waals surface area (Å²) in [6.45, 7) is 9.64. The van der Waals surface area contributed by atoms with Gasteiger partial charge in [0.1, 0.15) is 0 Å². The SMILES string of the molecule is CN=C(NCc1ccc(CN2CCC(O)CC2)cc1)N(C)CC(=O)NC(C)(C)C. The Morgan fingerprint density at radius 1 is 1.21 bits per heavy atom. The topological polar surface area (TPSA) is 80.2 Å². The molecule has 1 heterocycles. The molecular formula is C22H37N5O2. The summed E-state index contributed by atoms with van der Waals surface area (Å²) in [5, 5.41) is 15.9. The second-order valence-electron chi connectivity index (χ2n) is 8.88. The third-order valence-corrected chi connectivity index (χ3v) is 4.91. The maximum Gasteiger partial charge on any atom is 0.240 e. The fourth-order valence-corrected chi connectivity index (χ4v) is 3.41. The van der Waals surface area contributed by atoms with E-state index >= 15 is 0 Å². The van der Waals surface area contributed by atoms with Crippen LogP contribution in [-0.2, 0) is 17.9 Å². The highest BCUT2D eigenvalue weighted by Gasteiger charge is 2.18. The second kappa shape index (κ2) is 10.6. The van der Waals surface area contributed by atoms with Gasteiger partial charge in [-0.15, -0.1) is 0 Å². The number of aliphatic imine (C=N–C) groups is 1. The van der Waals surface area contributed by atoms with Crippen LogP contribution in [0.15, 0.2) is 29.3 Å². The van der Waals surface area contributed by atoms with E-state index in [9.17, 15) is 9.90 Å². The molecule has 0 saturated carbocycles. The van der Waals surface area contributed by atoms with Crippen LogP contribution in [0.25, 0.3) is 0 Å². The minimum Gasteiger partial charge on any atom is -0.393 e. The Labute approximate surface area is 175 Å². The number of amides is 1. The highest BCUT2D eigenvalue weighted by atomic mass is 16.3. The largest absolute Gasteiger partial charge is 0.393 e. The predicted octanol–water partition coefficient (Wildman–Crippen LogP) is 1.57. The summed E-state index contributed by atoms with van der Waals surface area (Å²) in [6.07, 6.45) is 1.59. The van der Waals surface area contributed by atoms with Crippen molar-refractivity contribution in [3.05, 3.63) is 35.4 Å². The van der Waals surface area contributed by atoms with E-state index < -0.39 is 0 Å². The standard InChI is InChI=1S/C22H37N5O2/c1-22(2,3)25-20(29)16-26(5)21(23-4)24-14-17-6-8-18(9-7-17)15-27-12-10-19(28)11-13-27/h6-9,19,28H,10-16H2,1-5H3,(H,23,24)(H,25,29). The number of hydrogen-bond acceptors (Lipinski definition) is 4. The van der Waals surface area contributed by atoms with Gasteiger partial charge in [0.2, 0.25) is 5.91 Å². The van der Waals surface area contributed by atoms with E-state index in [2.05, 4.69) is 44.8 Å². The fourth-order valence-electron chi connectivity index (χ4n) is 3.41. The van der Waals surface area contributed by atoms with E-state index in [4.69, 9.17) is 0 Å². The predicted molar refractivity (Wildman–Crippen MR) is 118 cm³/mol. The number of piperidine rings is 1. The van der Waals surface area contributed by atoms with Crippen LogP contribution < -0.4 is 10.6 Å². The molecule has 1 aromatic carbocycles. The molecule has 7 heteroatoms. The fraction of sp³-hybridized carbons (Fsp3) is 0.636. The number of benzene rings is 1. The molecule has 162 valence electrons. The van der Waals surface area contributed by atoms with Gasteiger partial charge < -0.3 is 20.6 Å². The number of hydrogen-bond donors (Lipinski definition) is 3. The summed E-state index contributed by atoms with van der Waals surface area (Å²) < 4.78 is 0. The van der Waals surface area contributed by atoms with Crippen LogP contribution in [0.1, 0.15) is 44.7 Å². The van der Waals surface area contributed by atoms with Crippen molar-refractivity contribution in [1.29, 1.82) is 0 Å². The van der Waals surface area contributed by atoms with Crippen LogP contribution in [-0.4, -0.2) is 72.1 Å². The first-order chi connectivity index (χ1) is 13.7. The van der Waals surface area contributed by atoms with E-state index in [1.165, 1.54) is 5.56 Å². The first kappa shape index (κ1) is 23.2. The molecule has 29 heavy (non-hydrogen) atoms. The van der Waals surface area contributed by atoms with Gasteiger partial charge in [0.05, 0.1) is 12.6 Å². The number of carbonyl (C=O) groups excluding carboxylic acids is 1. The Morgan fingerprint density at radius 2 is 1.79 bits per heavy atom. The molecule has 1 amide bonds. The van der Waals surface area contributed by atoms with Crippen LogP contribution in [0.5, 0.6) is 0 Å². The zero-order chi connectivity index (χ0) is 21.4. The number of aliphatic hydroxyl groups is 1. The van der Waals surface area contributed by atoms with E-state index in [-0.39, 0.29) is 24.1 Å². The lowest BCUT2D eigenvalue weighted by atomic mass is 10.1. The number of nitrogens with one attached hydrogen (secondary N) is 2. The maximum absolute atomic E-state index is 12.1. The highest BCUT2D eigenvalue weighted by Crippen LogP contribution is 2.14. The van der Waals surface area contributed by atoms with Crippen molar-refractivity contribution >= 4 is 11.9 Å². The molecule has 0 aromatic heterocycles. The van der Waals surface area contributed by atoms with E-state index in [1.54, 1.807) is 7.05 Å². The minimum atomic E-state index is -0.245. The molecule has 0 spiro atoms. The molecule has 1 aromatic rings. The smallest absolute Gasteiger partial charge is 0.240 e. The molecule has 1 saturated heterocycles. The summed E-state index contributed by atoms with van der Waals surface area (Å²) in [5.74, 6) is 0.655. The lowest BCUT2D eigenvalue weighted by molar-refractivity contribution is -0.122. The Kier molecular flexibility index (Phi) is 8.46. The number of guanidine groups is 1. The molecular weight excluding hydrogens is 366 g/mol. The normalized spacial score (nSPS) is 16.6. The monoisotopic (exact) mass is 403 g/mol. The molecule has 1 aliphatic heterocycles. The maximum atomic E-state index is 12.1. The molecule has 1 aliphatic rings. The summed E-state index contributed by atoms with van der Waals surface area (Å²) >= 11 is 0. The average molecular weight is 404 g/mol. The zero-order valence-electron chi connectivity index (χ0n) is 18.5. The molecule has 0 aliphatic carbocycles. The molecule has 7 nitrogen and oxygen atoms in total. The molecule has 2 rings (SSSR count). The van der Waals surface area contributed by atoms with E-state index in [0.717, 1.165) is 38.0 Å². The summed E-state index contributed by atoms with van der Waals surface area (Å²) in [6, 6.07) is 8.57. The number of nitrogens with zero attached hydrogens (tertiary/aromatic N) is 3. The molecule has 3 N–H and O–H groups in total. The quantitative estimate of drug-likeness (QED) is 0.496. The zero-order valence-corrected chi connectivity index (χ0v) is 18.5. The Hall–Kier alpha value is -2.12. The van der Waals surface area contributed by atoms with Gasteiger partial charge in [-0.05, 0) is 44.7 Å². The average Bonchev–Trinajstić information content (AvgIpc) is 2.64. The van der Waals surface area contributed by atoms with Gasteiger partial charge in [-0.3, -0.25) is 14.7 Å². The first-order valence-electron chi connectivity index (χ1n) is 10.4. The van der Waals surface area contributed by atoms with E-state index in [1.807, 2.05) is 32.7 Å². The number of carbonyl (C=O) groups is 1. The Morgan fingerprint density at radius 3 is 2.34 bits per heavy atom. The number of likely N-dealkylation sites (N-methyl/N-ethyl adjacent to an activating group) is 1. The lowest BCUT2D eigenvalue weighted by Gasteiger charge is -2.29. The molecule has 0 unspecified atom stereocenters. The minimum absolute atomic E-state index is 0.0301. The van der Waals surface area contributed by atoms with Crippen molar-refractivity contribution in [2.75, 3.05) is 33.7 Å². The van der Waals surface area contributed by atoms with Gasteiger partial charge in [0, 0.05) is 45.8 Å². The first-order valence-corrected chi connectivity index (χ1v) is 10.4.